The molecule has 0 amide bonds. The zero-order chi connectivity index (χ0) is 21.3. The molecule has 2 N–H and O–H groups in total. The van der Waals surface area contributed by atoms with Crippen LogP contribution in [-0.2, 0) is 32.7 Å². The summed E-state index contributed by atoms with van der Waals surface area (Å²) in [6.45, 7) is 1.32. The number of ether oxygens (including phenoxy) is 4. The standard InChI is InChI=1S/C25H29NO5/c1-28-25(29-2)21-14-24(27)20-12-17-8-9-18(30-15-16-6-4-3-5-7-16)13-19(17)23(24,10-11-26-20)22(25)31-21/h3-9,13,20-22,26-27H,10-12,14-15H2,1-2H3/t20-,21?,22-,23+,24-/m1/s1. The lowest BCUT2D eigenvalue weighted by Crippen LogP contribution is -2.89. The topological polar surface area (TPSA) is 69.2 Å². The van der Waals surface area contributed by atoms with Gasteiger partial charge in [0, 0.05) is 26.7 Å². The lowest BCUT2D eigenvalue weighted by molar-refractivity contribution is -0.460. The van der Waals surface area contributed by atoms with Gasteiger partial charge in [0.15, 0.2) is 0 Å². The van der Waals surface area contributed by atoms with Crippen LogP contribution in [-0.4, -0.2) is 55.5 Å². The van der Waals surface area contributed by atoms with Crippen molar-refractivity contribution in [1.29, 1.82) is 0 Å². The van der Waals surface area contributed by atoms with Gasteiger partial charge in [0.2, 0.25) is 5.79 Å². The number of methoxy groups -OCH3 is 2. The van der Waals surface area contributed by atoms with Crippen LogP contribution in [0.2, 0.25) is 0 Å². The number of benzene rings is 2. The number of fused-ring (bicyclic) bond motifs is 1. The summed E-state index contributed by atoms with van der Waals surface area (Å²) in [4.78, 5) is 0. The van der Waals surface area contributed by atoms with Crippen molar-refractivity contribution >= 4 is 0 Å². The van der Waals surface area contributed by atoms with Gasteiger partial charge in [-0.2, -0.15) is 0 Å². The zero-order valence-electron chi connectivity index (χ0n) is 18.0. The van der Waals surface area contributed by atoms with Crippen molar-refractivity contribution in [3.05, 3.63) is 65.2 Å². The van der Waals surface area contributed by atoms with Gasteiger partial charge in [0.25, 0.3) is 0 Å². The summed E-state index contributed by atoms with van der Waals surface area (Å²) in [6.07, 6.45) is 1.39. The Morgan fingerprint density at radius 3 is 2.71 bits per heavy atom. The molecule has 2 aromatic rings. The Morgan fingerprint density at radius 2 is 1.94 bits per heavy atom. The fourth-order valence-electron chi connectivity index (χ4n) is 6.72. The third-order valence-electron chi connectivity index (χ3n) is 8.19. The molecule has 31 heavy (non-hydrogen) atoms. The largest absolute Gasteiger partial charge is 0.489 e. The molecule has 4 fully saturated rings. The average molecular weight is 424 g/mol. The first-order valence-corrected chi connectivity index (χ1v) is 11.1. The van der Waals surface area contributed by atoms with Crippen LogP contribution in [0.15, 0.2) is 48.5 Å². The Bertz CT molecular complexity index is 993. The van der Waals surface area contributed by atoms with E-state index in [1.54, 1.807) is 14.2 Å². The monoisotopic (exact) mass is 423 g/mol. The van der Waals surface area contributed by atoms with Crippen LogP contribution in [0.25, 0.3) is 0 Å². The minimum atomic E-state index is -0.912. The molecule has 2 aliphatic carbocycles. The van der Waals surface area contributed by atoms with Crippen LogP contribution >= 0.6 is 0 Å². The molecule has 0 spiro atoms. The Kier molecular flexibility index (Phi) is 4.30. The first-order valence-electron chi connectivity index (χ1n) is 11.1. The van der Waals surface area contributed by atoms with Crippen LogP contribution in [0, 0.1) is 0 Å². The van der Waals surface area contributed by atoms with Crippen molar-refractivity contribution in [1.82, 2.24) is 5.32 Å². The number of piperidine rings is 1. The fourth-order valence-corrected chi connectivity index (χ4v) is 6.72. The van der Waals surface area contributed by atoms with E-state index >= 15 is 0 Å². The Balaban J connectivity index is 1.43. The second kappa shape index (κ2) is 6.77. The Morgan fingerprint density at radius 1 is 1.13 bits per heavy atom. The fraction of sp³-hybridized carbons (Fsp3) is 0.520. The second-order valence-corrected chi connectivity index (χ2v) is 9.29. The summed E-state index contributed by atoms with van der Waals surface area (Å²) in [5.74, 6) is -0.0259. The van der Waals surface area contributed by atoms with E-state index < -0.39 is 16.8 Å². The predicted octanol–water partition coefficient (Wildman–Crippen LogP) is 2.31. The minimum Gasteiger partial charge on any atom is -0.489 e. The highest BCUT2D eigenvalue weighted by molar-refractivity contribution is 5.52. The SMILES string of the molecule is COC1(OC)C2C[C@@]3(O)[C@H]4Cc5ccc(OCc6ccccc6)cc5[C@@]3(CCN4)[C@H]1O2. The summed E-state index contributed by atoms with van der Waals surface area (Å²) in [5.41, 5.74) is 1.94. The maximum atomic E-state index is 12.1. The number of rotatable bonds is 5. The molecule has 3 saturated heterocycles. The van der Waals surface area contributed by atoms with Gasteiger partial charge in [0.1, 0.15) is 24.6 Å². The van der Waals surface area contributed by atoms with Crippen LogP contribution in [0.4, 0.5) is 0 Å². The maximum absolute atomic E-state index is 12.1. The van der Waals surface area contributed by atoms with Crippen LogP contribution in [0.1, 0.15) is 29.5 Å². The predicted molar refractivity (Wildman–Crippen MR) is 114 cm³/mol. The Labute approximate surface area is 182 Å². The van der Waals surface area contributed by atoms with Gasteiger partial charge in [-0.3, -0.25) is 0 Å². The molecule has 0 radical (unpaired) electrons. The highest BCUT2D eigenvalue weighted by Gasteiger charge is 2.80. The highest BCUT2D eigenvalue weighted by Crippen LogP contribution is 2.65. The third-order valence-corrected chi connectivity index (χ3v) is 8.19. The van der Waals surface area contributed by atoms with Gasteiger partial charge in [-0.25, -0.2) is 0 Å². The van der Waals surface area contributed by atoms with Crippen molar-refractivity contribution < 1.29 is 24.1 Å². The van der Waals surface area contributed by atoms with E-state index in [1.807, 2.05) is 24.3 Å². The van der Waals surface area contributed by atoms with E-state index in [4.69, 9.17) is 18.9 Å². The third kappa shape index (κ3) is 2.40. The van der Waals surface area contributed by atoms with Crippen molar-refractivity contribution in [2.45, 2.75) is 60.9 Å². The van der Waals surface area contributed by atoms with Crippen molar-refractivity contribution in [2.24, 2.45) is 0 Å². The van der Waals surface area contributed by atoms with Gasteiger partial charge in [-0.15, -0.1) is 0 Å². The van der Waals surface area contributed by atoms with Gasteiger partial charge >= 0.3 is 0 Å². The first-order chi connectivity index (χ1) is 15.1. The molecule has 6 nitrogen and oxygen atoms in total. The Hall–Kier alpha value is -1.96. The summed E-state index contributed by atoms with van der Waals surface area (Å²) in [5, 5.41) is 15.7. The molecule has 2 aromatic carbocycles. The molecule has 5 atom stereocenters. The van der Waals surface area contributed by atoms with Crippen molar-refractivity contribution in [2.75, 3.05) is 20.8 Å². The number of aliphatic hydroxyl groups is 1. The molecule has 6 heteroatoms. The molecule has 164 valence electrons. The van der Waals surface area contributed by atoms with Gasteiger partial charge < -0.3 is 29.4 Å². The molecule has 3 heterocycles. The summed E-state index contributed by atoms with van der Waals surface area (Å²) >= 11 is 0. The molecular weight excluding hydrogens is 394 g/mol. The quantitative estimate of drug-likeness (QED) is 0.720. The van der Waals surface area contributed by atoms with Crippen LogP contribution in [0.3, 0.4) is 0 Å². The van der Waals surface area contributed by atoms with E-state index in [-0.39, 0.29) is 18.2 Å². The van der Waals surface area contributed by atoms with E-state index in [2.05, 4.69) is 29.6 Å². The zero-order valence-corrected chi connectivity index (χ0v) is 18.0. The number of hydrogen-bond acceptors (Lipinski definition) is 6. The molecule has 5 aliphatic rings. The summed E-state index contributed by atoms with van der Waals surface area (Å²) in [6, 6.07) is 16.4. The van der Waals surface area contributed by atoms with Crippen molar-refractivity contribution in [3.63, 3.8) is 0 Å². The molecular formula is C25H29NO5. The molecule has 3 aliphatic heterocycles. The van der Waals surface area contributed by atoms with E-state index in [9.17, 15) is 5.11 Å². The molecule has 7 rings (SSSR count). The van der Waals surface area contributed by atoms with E-state index in [0.29, 0.717) is 13.0 Å². The number of hydrogen-bond donors (Lipinski definition) is 2. The second-order valence-electron chi connectivity index (χ2n) is 9.29. The van der Waals surface area contributed by atoms with Gasteiger partial charge in [-0.05, 0) is 48.2 Å². The highest BCUT2D eigenvalue weighted by atomic mass is 16.8. The minimum absolute atomic E-state index is 0.00884. The lowest BCUT2D eigenvalue weighted by Gasteiger charge is -2.73. The smallest absolute Gasteiger partial charge is 0.222 e. The van der Waals surface area contributed by atoms with Crippen LogP contribution in [0.5, 0.6) is 5.75 Å². The van der Waals surface area contributed by atoms with E-state index in [0.717, 1.165) is 36.3 Å². The normalized spacial score (nSPS) is 36.7. The lowest BCUT2D eigenvalue weighted by atomic mass is 9.45. The molecule has 0 aromatic heterocycles. The van der Waals surface area contributed by atoms with Gasteiger partial charge in [-0.1, -0.05) is 36.4 Å². The molecule has 1 saturated carbocycles. The molecule has 1 unspecified atom stereocenters. The van der Waals surface area contributed by atoms with E-state index in [1.165, 1.54) is 5.56 Å². The van der Waals surface area contributed by atoms with Crippen LogP contribution < -0.4 is 10.1 Å². The average Bonchev–Trinajstić information content (AvgIpc) is 2.78. The van der Waals surface area contributed by atoms with Crippen molar-refractivity contribution in [3.8, 4) is 5.75 Å². The first kappa shape index (κ1) is 19.7. The number of nitrogens with one attached hydrogen (secondary N) is 1. The van der Waals surface area contributed by atoms with Gasteiger partial charge in [0.05, 0.1) is 11.0 Å². The summed E-state index contributed by atoms with van der Waals surface area (Å²) in [7, 11) is 3.35. The maximum Gasteiger partial charge on any atom is 0.222 e. The molecule has 4 bridgehead atoms. The summed E-state index contributed by atoms with van der Waals surface area (Å²) < 4.78 is 24.3.